The Hall–Kier alpha value is -2.11. The van der Waals surface area contributed by atoms with Crippen LogP contribution in [0.1, 0.15) is 24.2 Å². The summed E-state index contributed by atoms with van der Waals surface area (Å²) >= 11 is 0. The molecule has 1 N–H and O–H groups in total. The summed E-state index contributed by atoms with van der Waals surface area (Å²) in [6, 6.07) is 6.70. The second kappa shape index (κ2) is 6.00. The van der Waals surface area contributed by atoms with Crippen LogP contribution >= 0.6 is 0 Å². The monoisotopic (exact) mass is 247 g/mol. The van der Waals surface area contributed by atoms with E-state index in [1.165, 1.54) is 17.9 Å². The molecule has 0 aliphatic rings. The smallest absolute Gasteiger partial charge is 0.126 e. The van der Waals surface area contributed by atoms with E-state index in [0.717, 1.165) is 0 Å². The van der Waals surface area contributed by atoms with Gasteiger partial charge in [-0.2, -0.15) is 10.5 Å². The summed E-state index contributed by atoms with van der Waals surface area (Å²) in [7, 11) is 0. The molecule has 0 aromatic heterocycles. The molecule has 0 bridgehead atoms. The standard InChI is InChI=1S/C13H14FN3O/c1-9-7-13(17(5-3-15)6-4-16)11(10(2)18)8-12(9)14/h7-8,10,18H,5-6H2,1-2H3/t10-/m0/s1. The van der Waals surface area contributed by atoms with E-state index in [-0.39, 0.29) is 13.1 Å². The minimum atomic E-state index is -0.866. The number of halogens is 1. The van der Waals surface area contributed by atoms with Gasteiger partial charge in [-0.3, -0.25) is 0 Å². The zero-order chi connectivity index (χ0) is 13.7. The van der Waals surface area contributed by atoms with Gasteiger partial charge in [0.2, 0.25) is 0 Å². The first-order valence-corrected chi connectivity index (χ1v) is 5.48. The molecule has 0 aliphatic heterocycles. The molecular formula is C13H14FN3O. The van der Waals surface area contributed by atoms with Crippen molar-refractivity contribution in [2.24, 2.45) is 0 Å². The number of nitrogens with zero attached hydrogens (tertiary/aromatic N) is 3. The van der Waals surface area contributed by atoms with Crippen LogP contribution in [0.4, 0.5) is 10.1 Å². The van der Waals surface area contributed by atoms with Crippen LogP contribution in [-0.4, -0.2) is 18.2 Å². The predicted octanol–water partition coefficient (Wildman–Crippen LogP) is 2.04. The highest BCUT2D eigenvalue weighted by atomic mass is 19.1. The van der Waals surface area contributed by atoms with Gasteiger partial charge in [0.05, 0.1) is 18.2 Å². The molecule has 0 radical (unpaired) electrons. The Morgan fingerprint density at radius 1 is 1.33 bits per heavy atom. The first kappa shape index (κ1) is 14.0. The maximum Gasteiger partial charge on any atom is 0.126 e. The fraction of sp³-hybridized carbons (Fsp3) is 0.385. The molecular weight excluding hydrogens is 233 g/mol. The molecule has 94 valence electrons. The zero-order valence-electron chi connectivity index (χ0n) is 10.3. The number of aliphatic hydroxyl groups is 1. The summed E-state index contributed by atoms with van der Waals surface area (Å²) in [5.41, 5.74) is 1.31. The minimum Gasteiger partial charge on any atom is -0.389 e. The number of rotatable bonds is 4. The van der Waals surface area contributed by atoms with Gasteiger partial charge in [-0.15, -0.1) is 0 Å². The van der Waals surface area contributed by atoms with Gasteiger partial charge in [-0.25, -0.2) is 4.39 Å². The topological polar surface area (TPSA) is 71.0 Å². The van der Waals surface area contributed by atoms with Crippen molar-refractivity contribution in [3.63, 3.8) is 0 Å². The van der Waals surface area contributed by atoms with Crippen LogP contribution in [0.2, 0.25) is 0 Å². The van der Waals surface area contributed by atoms with Gasteiger partial charge in [-0.1, -0.05) is 0 Å². The van der Waals surface area contributed by atoms with E-state index < -0.39 is 11.9 Å². The van der Waals surface area contributed by atoms with Gasteiger partial charge in [0.15, 0.2) is 0 Å². The second-order valence-corrected chi connectivity index (χ2v) is 4.01. The van der Waals surface area contributed by atoms with Crippen molar-refractivity contribution in [3.8, 4) is 12.1 Å². The SMILES string of the molecule is Cc1cc(N(CC#N)CC#N)c([C@H](C)O)cc1F. The Morgan fingerprint density at radius 3 is 2.33 bits per heavy atom. The van der Waals surface area contributed by atoms with E-state index in [1.807, 2.05) is 12.1 Å². The van der Waals surface area contributed by atoms with Crippen molar-refractivity contribution in [3.05, 3.63) is 29.1 Å². The van der Waals surface area contributed by atoms with Gasteiger partial charge in [-0.05, 0) is 31.5 Å². The average molecular weight is 247 g/mol. The van der Waals surface area contributed by atoms with Crippen molar-refractivity contribution < 1.29 is 9.50 Å². The third-order valence-corrected chi connectivity index (χ3v) is 2.62. The lowest BCUT2D eigenvalue weighted by atomic mass is 10.0. The predicted molar refractivity (Wildman–Crippen MR) is 65.2 cm³/mol. The number of aliphatic hydroxyl groups excluding tert-OH is 1. The molecule has 0 saturated heterocycles. The van der Waals surface area contributed by atoms with Crippen LogP contribution in [0.25, 0.3) is 0 Å². The molecule has 5 heteroatoms. The van der Waals surface area contributed by atoms with Crippen molar-refractivity contribution in [2.45, 2.75) is 20.0 Å². The number of nitriles is 2. The lowest BCUT2D eigenvalue weighted by molar-refractivity contribution is 0.199. The molecule has 0 aliphatic carbocycles. The van der Waals surface area contributed by atoms with E-state index in [0.29, 0.717) is 16.8 Å². The molecule has 1 atom stereocenters. The van der Waals surface area contributed by atoms with Crippen LogP contribution in [0.5, 0.6) is 0 Å². The van der Waals surface area contributed by atoms with E-state index in [2.05, 4.69) is 0 Å². The number of benzene rings is 1. The van der Waals surface area contributed by atoms with Gasteiger partial charge in [0, 0.05) is 11.3 Å². The summed E-state index contributed by atoms with van der Waals surface area (Å²) < 4.78 is 13.5. The molecule has 18 heavy (non-hydrogen) atoms. The second-order valence-electron chi connectivity index (χ2n) is 4.01. The van der Waals surface area contributed by atoms with Gasteiger partial charge >= 0.3 is 0 Å². The Bertz CT molecular complexity index is 498. The first-order valence-electron chi connectivity index (χ1n) is 5.48. The first-order chi connectivity index (χ1) is 8.51. The van der Waals surface area contributed by atoms with E-state index in [4.69, 9.17) is 10.5 Å². The quantitative estimate of drug-likeness (QED) is 0.826. The van der Waals surface area contributed by atoms with E-state index in [1.54, 1.807) is 13.0 Å². The number of aryl methyl sites for hydroxylation is 1. The summed E-state index contributed by atoms with van der Waals surface area (Å²) in [6.45, 7) is 3.14. The van der Waals surface area contributed by atoms with E-state index >= 15 is 0 Å². The lowest BCUT2D eigenvalue weighted by Gasteiger charge is -2.23. The van der Waals surface area contributed by atoms with Crippen molar-refractivity contribution in [1.82, 2.24) is 0 Å². The normalized spacial score (nSPS) is 11.4. The van der Waals surface area contributed by atoms with Crippen LogP contribution in [0.3, 0.4) is 0 Å². The molecule has 1 rings (SSSR count). The van der Waals surface area contributed by atoms with Crippen LogP contribution in [0.15, 0.2) is 12.1 Å². The highest BCUT2D eigenvalue weighted by Gasteiger charge is 2.16. The maximum atomic E-state index is 13.5. The molecule has 0 spiro atoms. The van der Waals surface area contributed by atoms with Crippen LogP contribution < -0.4 is 4.90 Å². The molecule has 1 aromatic carbocycles. The zero-order valence-corrected chi connectivity index (χ0v) is 10.3. The maximum absolute atomic E-state index is 13.5. The number of anilines is 1. The fourth-order valence-electron chi connectivity index (χ4n) is 1.69. The Labute approximate surface area is 105 Å². The Kier molecular flexibility index (Phi) is 4.65. The van der Waals surface area contributed by atoms with E-state index in [9.17, 15) is 9.50 Å². The number of hydrogen-bond donors (Lipinski definition) is 1. The minimum absolute atomic E-state index is 0.0123. The van der Waals surface area contributed by atoms with Crippen LogP contribution in [-0.2, 0) is 0 Å². The summed E-state index contributed by atoms with van der Waals surface area (Å²) in [6.07, 6.45) is -0.866. The van der Waals surface area contributed by atoms with Crippen molar-refractivity contribution in [2.75, 3.05) is 18.0 Å². The Balaban J connectivity index is 3.32. The fourth-order valence-corrected chi connectivity index (χ4v) is 1.69. The molecule has 4 nitrogen and oxygen atoms in total. The summed E-state index contributed by atoms with van der Waals surface area (Å²) in [4.78, 5) is 1.51. The third-order valence-electron chi connectivity index (χ3n) is 2.62. The lowest BCUT2D eigenvalue weighted by Crippen LogP contribution is -2.25. The third kappa shape index (κ3) is 2.97. The Morgan fingerprint density at radius 2 is 1.89 bits per heavy atom. The molecule has 0 amide bonds. The van der Waals surface area contributed by atoms with Crippen LogP contribution in [0, 0.1) is 35.4 Å². The molecule has 0 saturated carbocycles. The average Bonchev–Trinajstić information content (AvgIpc) is 2.31. The van der Waals surface area contributed by atoms with Crippen molar-refractivity contribution >= 4 is 5.69 Å². The highest BCUT2D eigenvalue weighted by molar-refractivity contribution is 5.58. The number of hydrogen-bond acceptors (Lipinski definition) is 4. The van der Waals surface area contributed by atoms with Gasteiger partial charge in [0.1, 0.15) is 18.9 Å². The summed E-state index contributed by atoms with van der Waals surface area (Å²) in [5, 5.41) is 27.1. The molecule has 0 fully saturated rings. The molecule has 0 heterocycles. The largest absolute Gasteiger partial charge is 0.389 e. The summed E-state index contributed by atoms with van der Waals surface area (Å²) in [5.74, 6) is -0.413. The molecule has 1 aromatic rings. The van der Waals surface area contributed by atoms with Crippen molar-refractivity contribution in [1.29, 1.82) is 10.5 Å². The highest BCUT2D eigenvalue weighted by Crippen LogP contribution is 2.29. The van der Waals surface area contributed by atoms with Gasteiger partial charge in [0.25, 0.3) is 0 Å². The molecule has 0 unspecified atom stereocenters. The van der Waals surface area contributed by atoms with Gasteiger partial charge < -0.3 is 10.0 Å².